The largest absolute Gasteiger partial charge is 0.385 e. The molecule has 0 saturated carbocycles. The number of aliphatic hydroxyl groups is 1. The Morgan fingerprint density at radius 3 is 2.75 bits per heavy atom. The second-order valence-electron chi connectivity index (χ2n) is 6.18. The maximum atomic E-state index is 11.1. The maximum Gasteiger partial charge on any atom is 0.0909 e. The molecule has 2 rings (SSSR count). The zero-order valence-electron chi connectivity index (χ0n) is 13.1. The van der Waals surface area contributed by atoms with Crippen LogP contribution in [0.15, 0.2) is 24.3 Å². The van der Waals surface area contributed by atoms with Crippen molar-refractivity contribution in [3.63, 3.8) is 0 Å². The van der Waals surface area contributed by atoms with Gasteiger partial charge in [-0.2, -0.15) is 0 Å². The predicted octanol–water partition coefficient (Wildman–Crippen LogP) is 3.72. The van der Waals surface area contributed by atoms with Gasteiger partial charge in [-0.15, -0.1) is 0 Å². The minimum atomic E-state index is -0.619. The van der Waals surface area contributed by atoms with E-state index in [-0.39, 0.29) is 0 Å². The number of benzene rings is 1. The van der Waals surface area contributed by atoms with Gasteiger partial charge in [0.25, 0.3) is 0 Å². The second-order valence-corrected chi connectivity index (χ2v) is 6.18. The average Bonchev–Trinajstić information content (AvgIpc) is 2.64. The monoisotopic (exact) mass is 275 g/mol. The number of rotatable bonds is 5. The molecule has 1 fully saturated rings. The number of aryl methyl sites for hydroxylation is 1. The molecule has 1 unspecified atom stereocenters. The number of nitrogens with zero attached hydrogens (tertiary/aromatic N) is 1. The van der Waals surface area contributed by atoms with Gasteiger partial charge in [-0.05, 0) is 56.3 Å². The van der Waals surface area contributed by atoms with Crippen molar-refractivity contribution in [3.8, 4) is 0 Å². The van der Waals surface area contributed by atoms with Gasteiger partial charge in [0.1, 0.15) is 0 Å². The predicted molar refractivity (Wildman–Crippen MR) is 84.9 cm³/mol. The van der Waals surface area contributed by atoms with Gasteiger partial charge in [-0.1, -0.05) is 44.5 Å². The summed E-state index contributed by atoms with van der Waals surface area (Å²) < 4.78 is 0. The average molecular weight is 275 g/mol. The Kier molecular flexibility index (Phi) is 5.62. The molecule has 0 aliphatic carbocycles. The van der Waals surface area contributed by atoms with E-state index in [2.05, 4.69) is 43.0 Å². The van der Waals surface area contributed by atoms with E-state index in [0.717, 1.165) is 57.3 Å². The van der Waals surface area contributed by atoms with Crippen LogP contribution in [0.2, 0.25) is 0 Å². The van der Waals surface area contributed by atoms with Gasteiger partial charge < -0.3 is 10.0 Å². The van der Waals surface area contributed by atoms with Crippen LogP contribution in [0.5, 0.6) is 0 Å². The van der Waals surface area contributed by atoms with Crippen LogP contribution in [-0.2, 0) is 12.0 Å². The van der Waals surface area contributed by atoms with Crippen LogP contribution in [-0.4, -0.2) is 29.6 Å². The summed E-state index contributed by atoms with van der Waals surface area (Å²) in [5, 5.41) is 11.1. The Morgan fingerprint density at radius 2 is 2.00 bits per heavy atom. The van der Waals surface area contributed by atoms with E-state index >= 15 is 0 Å². The fourth-order valence-electron chi connectivity index (χ4n) is 3.31. The lowest BCUT2D eigenvalue weighted by Gasteiger charge is -2.28. The van der Waals surface area contributed by atoms with Crippen LogP contribution in [0, 0.1) is 0 Å². The minimum Gasteiger partial charge on any atom is -0.385 e. The van der Waals surface area contributed by atoms with Crippen molar-refractivity contribution < 1.29 is 5.11 Å². The highest BCUT2D eigenvalue weighted by Crippen LogP contribution is 2.33. The van der Waals surface area contributed by atoms with Crippen molar-refractivity contribution in [3.05, 3.63) is 35.4 Å². The molecule has 1 aromatic carbocycles. The third-order valence-electron chi connectivity index (χ3n) is 4.45. The summed E-state index contributed by atoms with van der Waals surface area (Å²) in [5.74, 6) is 0. The van der Waals surface area contributed by atoms with Crippen LogP contribution >= 0.6 is 0 Å². The normalized spacial score (nSPS) is 24.6. The van der Waals surface area contributed by atoms with Crippen molar-refractivity contribution in [2.75, 3.05) is 19.6 Å². The topological polar surface area (TPSA) is 23.5 Å². The summed E-state index contributed by atoms with van der Waals surface area (Å²) in [6, 6.07) is 8.61. The maximum absolute atomic E-state index is 11.1. The molecule has 1 saturated heterocycles. The zero-order chi connectivity index (χ0) is 14.4. The fraction of sp³-hybridized carbons (Fsp3) is 0.667. The van der Waals surface area contributed by atoms with Crippen LogP contribution in [0.3, 0.4) is 0 Å². The van der Waals surface area contributed by atoms with E-state index in [1.54, 1.807) is 0 Å². The molecule has 1 atom stereocenters. The lowest BCUT2D eigenvalue weighted by Crippen LogP contribution is -2.29. The first-order chi connectivity index (χ1) is 9.68. The third kappa shape index (κ3) is 3.83. The zero-order valence-corrected chi connectivity index (χ0v) is 13.1. The van der Waals surface area contributed by atoms with Crippen LogP contribution < -0.4 is 0 Å². The van der Waals surface area contributed by atoms with E-state index < -0.39 is 5.60 Å². The molecule has 2 heteroatoms. The van der Waals surface area contributed by atoms with Crippen molar-refractivity contribution in [1.29, 1.82) is 0 Å². The van der Waals surface area contributed by atoms with Crippen molar-refractivity contribution in [1.82, 2.24) is 4.90 Å². The van der Waals surface area contributed by atoms with Gasteiger partial charge in [0, 0.05) is 6.54 Å². The summed E-state index contributed by atoms with van der Waals surface area (Å²) in [6.07, 6.45) is 6.31. The summed E-state index contributed by atoms with van der Waals surface area (Å²) >= 11 is 0. The molecular formula is C18H29NO. The van der Waals surface area contributed by atoms with Gasteiger partial charge in [0.15, 0.2) is 0 Å². The van der Waals surface area contributed by atoms with Crippen LogP contribution in [0.1, 0.15) is 57.1 Å². The lowest BCUT2D eigenvalue weighted by atomic mass is 9.86. The highest BCUT2D eigenvalue weighted by atomic mass is 16.3. The summed E-state index contributed by atoms with van der Waals surface area (Å²) in [6.45, 7) is 7.74. The van der Waals surface area contributed by atoms with Crippen LogP contribution in [0.25, 0.3) is 0 Å². The van der Waals surface area contributed by atoms with Gasteiger partial charge in [0.2, 0.25) is 0 Å². The molecule has 1 aliphatic rings. The third-order valence-corrected chi connectivity index (χ3v) is 4.45. The molecule has 0 amide bonds. The van der Waals surface area contributed by atoms with Gasteiger partial charge >= 0.3 is 0 Å². The molecule has 0 bridgehead atoms. The summed E-state index contributed by atoms with van der Waals surface area (Å²) in [5.41, 5.74) is 1.86. The SMILES string of the molecule is CCCc1cccc(C2(O)CCCN(CCC)CC2)c1. The molecule has 1 aromatic rings. The Hall–Kier alpha value is -0.860. The standard InChI is InChI=1S/C18H29NO/c1-3-7-16-8-5-9-17(15-16)18(20)10-6-13-19(12-4-2)14-11-18/h5,8-9,15,20H,3-4,6-7,10-14H2,1-2H3. The molecule has 112 valence electrons. The molecule has 0 radical (unpaired) electrons. The number of likely N-dealkylation sites (tertiary alicyclic amines) is 1. The fourth-order valence-corrected chi connectivity index (χ4v) is 3.31. The van der Waals surface area contributed by atoms with Crippen molar-refractivity contribution >= 4 is 0 Å². The Labute approximate surface area is 123 Å². The molecule has 2 nitrogen and oxygen atoms in total. The molecular weight excluding hydrogens is 246 g/mol. The number of hydrogen-bond acceptors (Lipinski definition) is 2. The first-order valence-electron chi connectivity index (χ1n) is 8.22. The van der Waals surface area contributed by atoms with E-state index in [9.17, 15) is 5.11 Å². The molecule has 0 spiro atoms. The quantitative estimate of drug-likeness (QED) is 0.885. The molecule has 1 N–H and O–H groups in total. The summed E-state index contributed by atoms with van der Waals surface area (Å²) in [7, 11) is 0. The second kappa shape index (κ2) is 7.24. The Morgan fingerprint density at radius 1 is 1.15 bits per heavy atom. The highest BCUT2D eigenvalue weighted by Gasteiger charge is 2.31. The van der Waals surface area contributed by atoms with Crippen molar-refractivity contribution in [2.24, 2.45) is 0 Å². The lowest BCUT2D eigenvalue weighted by molar-refractivity contribution is 0.0211. The van der Waals surface area contributed by atoms with Crippen LogP contribution in [0.4, 0.5) is 0 Å². The van der Waals surface area contributed by atoms with Gasteiger partial charge in [-0.3, -0.25) is 0 Å². The first-order valence-corrected chi connectivity index (χ1v) is 8.22. The van der Waals surface area contributed by atoms with E-state index in [1.807, 2.05) is 0 Å². The molecule has 1 heterocycles. The number of hydrogen-bond donors (Lipinski definition) is 1. The highest BCUT2D eigenvalue weighted by molar-refractivity contribution is 5.28. The smallest absolute Gasteiger partial charge is 0.0909 e. The molecule has 20 heavy (non-hydrogen) atoms. The molecule has 1 aliphatic heterocycles. The molecule has 0 aromatic heterocycles. The minimum absolute atomic E-state index is 0.619. The van der Waals surface area contributed by atoms with Gasteiger partial charge in [-0.25, -0.2) is 0 Å². The van der Waals surface area contributed by atoms with E-state index in [0.29, 0.717) is 0 Å². The van der Waals surface area contributed by atoms with Crippen molar-refractivity contribution in [2.45, 2.75) is 58.0 Å². The Balaban J connectivity index is 2.11. The summed E-state index contributed by atoms with van der Waals surface area (Å²) in [4.78, 5) is 2.49. The van der Waals surface area contributed by atoms with E-state index in [1.165, 1.54) is 12.0 Å². The van der Waals surface area contributed by atoms with Gasteiger partial charge in [0.05, 0.1) is 5.60 Å². The van der Waals surface area contributed by atoms with E-state index in [4.69, 9.17) is 0 Å². The Bertz CT molecular complexity index is 418. The first kappa shape index (κ1) is 15.5.